The molecule has 0 aromatic carbocycles. The van der Waals surface area contributed by atoms with Crippen LogP contribution in [0.2, 0.25) is 5.02 Å². The van der Waals surface area contributed by atoms with E-state index in [0.29, 0.717) is 5.82 Å². The largest absolute Gasteiger partial charge is 0.346 e. The molecular weight excluding hydrogens is 306 g/mol. The quantitative estimate of drug-likeness (QED) is 0.639. The van der Waals surface area contributed by atoms with Gasteiger partial charge in [0.2, 0.25) is 5.82 Å². The number of aromatic nitrogens is 3. The summed E-state index contributed by atoms with van der Waals surface area (Å²) < 4.78 is 2.06. The van der Waals surface area contributed by atoms with Gasteiger partial charge in [-0.1, -0.05) is 11.6 Å². The zero-order chi connectivity index (χ0) is 15.7. The summed E-state index contributed by atoms with van der Waals surface area (Å²) in [5.74, 6) is 1.33. The van der Waals surface area contributed by atoms with Crippen LogP contribution >= 0.6 is 11.6 Å². The van der Waals surface area contributed by atoms with Gasteiger partial charge in [-0.2, -0.15) is 0 Å². The predicted octanol–water partition coefficient (Wildman–Crippen LogP) is 2.82. The average molecular weight is 322 g/mol. The predicted molar refractivity (Wildman–Crippen MR) is 83.2 cm³/mol. The lowest BCUT2D eigenvalue weighted by Crippen LogP contribution is -2.34. The number of hydrogen-bond donors (Lipinski definition) is 0. The SMILES string of the molecule is Cc1nccn1C[C@H]1CCCN1c1ncc(Cl)cc1[N+](=O)[O-]. The molecule has 3 rings (SSSR count). The molecule has 0 radical (unpaired) electrons. The Morgan fingerprint density at radius 3 is 3.00 bits per heavy atom. The van der Waals surface area contributed by atoms with E-state index >= 15 is 0 Å². The third-order valence-corrected chi connectivity index (χ3v) is 4.20. The van der Waals surface area contributed by atoms with E-state index in [9.17, 15) is 10.1 Å². The van der Waals surface area contributed by atoms with Crippen LogP contribution in [-0.2, 0) is 6.54 Å². The molecule has 1 saturated heterocycles. The number of aryl methyl sites for hydroxylation is 1. The minimum Gasteiger partial charge on any atom is -0.346 e. The lowest BCUT2D eigenvalue weighted by Gasteiger charge is -2.26. The number of pyridine rings is 1. The Labute approximate surface area is 132 Å². The number of nitro groups is 1. The molecule has 22 heavy (non-hydrogen) atoms. The van der Waals surface area contributed by atoms with Crippen LogP contribution < -0.4 is 4.90 Å². The third-order valence-electron chi connectivity index (χ3n) is 3.99. The molecule has 1 aliphatic heterocycles. The highest BCUT2D eigenvalue weighted by Gasteiger charge is 2.31. The number of rotatable bonds is 4. The first-order valence-electron chi connectivity index (χ1n) is 7.10. The Morgan fingerprint density at radius 1 is 1.50 bits per heavy atom. The first-order valence-corrected chi connectivity index (χ1v) is 7.48. The number of nitrogens with zero attached hydrogens (tertiary/aromatic N) is 5. The monoisotopic (exact) mass is 321 g/mol. The van der Waals surface area contributed by atoms with Crippen molar-refractivity contribution in [3.63, 3.8) is 0 Å². The van der Waals surface area contributed by atoms with Gasteiger partial charge in [0.05, 0.1) is 9.95 Å². The molecule has 0 bridgehead atoms. The standard InChI is InChI=1S/C14H16ClN5O2/c1-10-16-4-6-18(10)9-12-3-2-5-19(12)14-13(20(21)22)7-11(15)8-17-14/h4,6-8,12H,2-3,5,9H2,1H3/t12-/m1/s1. The van der Waals surface area contributed by atoms with Crippen molar-refractivity contribution in [2.75, 3.05) is 11.4 Å². The van der Waals surface area contributed by atoms with E-state index in [4.69, 9.17) is 11.6 Å². The lowest BCUT2D eigenvalue weighted by atomic mass is 10.2. The second-order valence-electron chi connectivity index (χ2n) is 5.37. The van der Waals surface area contributed by atoms with Gasteiger partial charge in [-0.05, 0) is 19.8 Å². The molecular formula is C14H16ClN5O2. The van der Waals surface area contributed by atoms with E-state index < -0.39 is 4.92 Å². The molecule has 1 fully saturated rings. The molecule has 0 saturated carbocycles. The maximum absolute atomic E-state index is 11.3. The van der Waals surface area contributed by atoms with Gasteiger partial charge in [-0.15, -0.1) is 0 Å². The summed E-state index contributed by atoms with van der Waals surface area (Å²) in [6.07, 6.45) is 7.10. The first-order chi connectivity index (χ1) is 10.6. The molecule has 2 aromatic heterocycles. The van der Waals surface area contributed by atoms with E-state index in [0.717, 1.165) is 31.8 Å². The first kappa shape index (κ1) is 14.8. The molecule has 0 aliphatic carbocycles. The Morgan fingerprint density at radius 2 is 2.32 bits per heavy atom. The molecule has 2 aromatic rings. The van der Waals surface area contributed by atoms with Crippen LogP contribution in [0.4, 0.5) is 11.5 Å². The van der Waals surface area contributed by atoms with E-state index in [1.807, 2.05) is 18.0 Å². The van der Waals surface area contributed by atoms with Gasteiger partial charge in [0.15, 0.2) is 0 Å². The maximum atomic E-state index is 11.3. The van der Waals surface area contributed by atoms with Gasteiger partial charge in [0.1, 0.15) is 5.82 Å². The van der Waals surface area contributed by atoms with Crippen molar-refractivity contribution in [2.45, 2.75) is 32.4 Å². The third kappa shape index (κ3) is 2.76. The molecule has 3 heterocycles. The molecule has 116 valence electrons. The number of halogens is 1. The van der Waals surface area contributed by atoms with E-state index in [-0.39, 0.29) is 16.8 Å². The summed E-state index contributed by atoms with van der Waals surface area (Å²) in [4.78, 5) is 21.3. The Balaban J connectivity index is 1.90. The summed E-state index contributed by atoms with van der Waals surface area (Å²) in [7, 11) is 0. The van der Waals surface area contributed by atoms with Gasteiger partial charge >= 0.3 is 5.69 Å². The fraction of sp³-hybridized carbons (Fsp3) is 0.429. The average Bonchev–Trinajstić information content (AvgIpc) is 3.09. The smallest absolute Gasteiger partial charge is 0.313 e. The number of anilines is 1. The molecule has 1 atom stereocenters. The molecule has 0 amide bonds. The Kier molecular flexibility index (Phi) is 3.98. The molecule has 0 spiro atoms. The van der Waals surface area contributed by atoms with Crippen molar-refractivity contribution >= 4 is 23.1 Å². The van der Waals surface area contributed by atoms with Crippen LogP contribution in [0.1, 0.15) is 18.7 Å². The highest BCUT2D eigenvalue weighted by atomic mass is 35.5. The zero-order valence-corrected chi connectivity index (χ0v) is 12.9. The van der Waals surface area contributed by atoms with Gasteiger partial charge in [-0.3, -0.25) is 10.1 Å². The summed E-state index contributed by atoms with van der Waals surface area (Å²) in [5, 5.41) is 11.5. The van der Waals surface area contributed by atoms with E-state index in [1.165, 1.54) is 12.3 Å². The molecule has 8 heteroatoms. The van der Waals surface area contributed by atoms with Crippen molar-refractivity contribution < 1.29 is 4.92 Å². The van der Waals surface area contributed by atoms with Crippen LogP contribution in [-0.4, -0.2) is 32.0 Å². The normalized spacial score (nSPS) is 17.9. The van der Waals surface area contributed by atoms with Gasteiger partial charge in [-0.25, -0.2) is 9.97 Å². The van der Waals surface area contributed by atoms with Crippen molar-refractivity contribution in [3.05, 3.63) is 45.6 Å². The van der Waals surface area contributed by atoms with E-state index in [1.54, 1.807) is 6.20 Å². The highest BCUT2D eigenvalue weighted by Crippen LogP contribution is 2.33. The highest BCUT2D eigenvalue weighted by molar-refractivity contribution is 6.30. The number of imidazole rings is 1. The van der Waals surface area contributed by atoms with Crippen LogP contribution in [0.3, 0.4) is 0 Å². The lowest BCUT2D eigenvalue weighted by molar-refractivity contribution is -0.384. The molecule has 1 aliphatic rings. The Hall–Kier alpha value is -2.15. The maximum Gasteiger partial charge on any atom is 0.313 e. The van der Waals surface area contributed by atoms with Crippen LogP contribution in [0.5, 0.6) is 0 Å². The summed E-state index contributed by atoms with van der Waals surface area (Å²) in [6.45, 7) is 3.45. The Bertz CT molecular complexity index is 702. The summed E-state index contributed by atoms with van der Waals surface area (Å²) >= 11 is 5.84. The number of hydrogen-bond acceptors (Lipinski definition) is 5. The van der Waals surface area contributed by atoms with Crippen LogP contribution in [0, 0.1) is 17.0 Å². The van der Waals surface area contributed by atoms with E-state index in [2.05, 4.69) is 14.5 Å². The minimum atomic E-state index is -0.425. The van der Waals surface area contributed by atoms with Crippen molar-refractivity contribution in [2.24, 2.45) is 0 Å². The fourth-order valence-electron chi connectivity index (χ4n) is 2.91. The summed E-state index contributed by atoms with van der Waals surface area (Å²) in [5.41, 5.74) is -0.0400. The van der Waals surface area contributed by atoms with Crippen molar-refractivity contribution in [3.8, 4) is 0 Å². The van der Waals surface area contributed by atoms with Gasteiger partial charge in [0.25, 0.3) is 0 Å². The molecule has 0 N–H and O–H groups in total. The molecule has 7 nitrogen and oxygen atoms in total. The van der Waals surface area contributed by atoms with Crippen LogP contribution in [0.15, 0.2) is 24.7 Å². The minimum absolute atomic E-state index is 0.0400. The summed E-state index contributed by atoms with van der Waals surface area (Å²) in [6, 6.07) is 1.53. The second kappa shape index (κ2) is 5.92. The van der Waals surface area contributed by atoms with Gasteiger partial charge in [0, 0.05) is 43.8 Å². The van der Waals surface area contributed by atoms with Crippen LogP contribution in [0.25, 0.3) is 0 Å². The fourth-order valence-corrected chi connectivity index (χ4v) is 3.06. The molecule has 0 unspecified atom stereocenters. The van der Waals surface area contributed by atoms with Crippen molar-refractivity contribution in [1.82, 2.24) is 14.5 Å². The van der Waals surface area contributed by atoms with Gasteiger partial charge < -0.3 is 9.47 Å². The van der Waals surface area contributed by atoms with Crippen molar-refractivity contribution in [1.29, 1.82) is 0 Å². The topological polar surface area (TPSA) is 77.1 Å². The second-order valence-corrected chi connectivity index (χ2v) is 5.81. The zero-order valence-electron chi connectivity index (χ0n) is 12.1.